The van der Waals surface area contributed by atoms with Crippen LogP contribution in [0.4, 0.5) is 5.69 Å². The Morgan fingerprint density at radius 1 is 1.43 bits per heavy atom. The lowest BCUT2D eigenvalue weighted by molar-refractivity contribution is -0.384. The molecule has 0 bridgehead atoms. The van der Waals surface area contributed by atoms with Gasteiger partial charge in [0.1, 0.15) is 0 Å². The number of alkyl halides is 1. The van der Waals surface area contributed by atoms with Crippen LogP contribution in [0.3, 0.4) is 0 Å². The molecule has 1 amide bonds. The average Bonchev–Trinajstić information content (AvgIpc) is 2.34. The summed E-state index contributed by atoms with van der Waals surface area (Å²) in [5, 5.41) is 13.6. The summed E-state index contributed by atoms with van der Waals surface area (Å²) < 4.78 is 0. The van der Waals surface area contributed by atoms with Gasteiger partial charge in [0.15, 0.2) is 0 Å². The molecule has 0 heterocycles. The highest BCUT2D eigenvalue weighted by atomic mass is 79.9. The minimum atomic E-state index is -0.497. The first-order valence-corrected chi connectivity index (χ1v) is 7.69. The molecule has 1 aromatic rings. The molecule has 1 aromatic carbocycles. The third-order valence-electron chi connectivity index (χ3n) is 2.99. The Bertz CT molecular complexity index is 538. The fourth-order valence-corrected chi connectivity index (χ4v) is 3.14. The lowest BCUT2D eigenvalue weighted by Gasteiger charge is -2.22. The van der Waals surface area contributed by atoms with Gasteiger partial charge in [-0.3, -0.25) is 14.9 Å². The standard InChI is InChI=1S/C15H21BrN2O3/c1-10-5-6-12(18(20)21)7-13(10)14(19)17-9-11(16)8-15(2,3)4/h5-7,11H,8-9H2,1-4H3,(H,17,19). The van der Waals surface area contributed by atoms with Gasteiger partial charge in [0.25, 0.3) is 11.6 Å². The maximum absolute atomic E-state index is 12.2. The Balaban J connectivity index is 2.72. The molecule has 1 N–H and O–H groups in total. The van der Waals surface area contributed by atoms with Crippen molar-refractivity contribution >= 4 is 27.5 Å². The molecule has 0 spiro atoms. The molecule has 0 aliphatic carbocycles. The van der Waals surface area contributed by atoms with E-state index in [0.717, 1.165) is 12.0 Å². The first-order chi connectivity index (χ1) is 9.60. The molecule has 21 heavy (non-hydrogen) atoms. The van der Waals surface area contributed by atoms with Gasteiger partial charge in [-0.05, 0) is 24.3 Å². The molecule has 0 radical (unpaired) electrons. The van der Waals surface area contributed by atoms with E-state index in [-0.39, 0.29) is 21.8 Å². The topological polar surface area (TPSA) is 72.2 Å². The minimum absolute atomic E-state index is 0.0733. The highest BCUT2D eigenvalue weighted by Crippen LogP contribution is 2.24. The molecule has 0 saturated heterocycles. The number of hydrogen-bond acceptors (Lipinski definition) is 3. The monoisotopic (exact) mass is 356 g/mol. The summed E-state index contributed by atoms with van der Waals surface area (Å²) in [6, 6.07) is 4.31. The molecule has 116 valence electrons. The Hall–Kier alpha value is -1.43. The van der Waals surface area contributed by atoms with Crippen LogP contribution >= 0.6 is 15.9 Å². The SMILES string of the molecule is Cc1ccc([N+](=O)[O-])cc1C(=O)NCC(Br)CC(C)(C)C. The summed E-state index contributed by atoms with van der Waals surface area (Å²) in [5.74, 6) is -0.283. The first-order valence-electron chi connectivity index (χ1n) is 6.77. The number of nitrogens with one attached hydrogen (secondary N) is 1. The van der Waals surface area contributed by atoms with Crippen molar-refractivity contribution in [2.24, 2.45) is 5.41 Å². The van der Waals surface area contributed by atoms with Crippen molar-refractivity contribution < 1.29 is 9.72 Å². The van der Waals surface area contributed by atoms with Gasteiger partial charge in [0, 0.05) is 29.1 Å². The number of carbonyl (C=O) groups is 1. The molecular formula is C15H21BrN2O3. The second-order valence-corrected chi connectivity index (χ2v) is 7.62. The van der Waals surface area contributed by atoms with Crippen molar-refractivity contribution in [3.05, 3.63) is 39.4 Å². The Labute approximate surface area is 133 Å². The summed E-state index contributed by atoms with van der Waals surface area (Å²) in [6.45, 7) is 8.65. The maximum atomic E-state index is 12.2. The molecule has 0 aromatic heterocycles. The van der Waals surface area contributed by atoms with Crippen LogP contribution in [0.25, 0.3) is 0 Å². The van der Waals surface area contributed by atoms with Gasteiger partial charge in [0.05, 0.1) is 4.92 Å². The summed E-state index contributed by atoms with van der Waals surface area (Å²) in [4.78, 5) is 22.6. The lowest BCUT2D eigenvalue weighted by Crippen LogP contribution is -2.31. The van der Waals surface area contributed by atoms with Gasteiger partial charge in [-0.1, -0.05) is 42.8 Å². The van der Waals surface area contributed by atoms with Gasteiger partial charge in [0.2, 0.25) is 0 Å². The van der Waals surface area contributed by atoms with Crippen molar-refractivity contribution in [1.29, 1.82) is 0 Å². The number of nitro groups is 1. The van der Waals surface area contributed by atoms with E-state index in [9.17, 15) is 14.9 Å². The van der Waals surface area contributed by atoms with E-state index in [0.29, 0.717) is 12.1 Å². The quantitative estimate of drug-likeness (QED) is 0.494. The van der Waals surface area contributed by atoms with Gasteiger partial charge >= 0.3 is 0 Å². The van der Waals surface area contributed by atoms with Gasteiger partial charge in [-0.25, -0.2) is 0 Å². The fraction of sp³-hybridized carbons (Fsp3) is 0.533. The largest absolute Gasteiger partial charge is 0.351 e. The van der Waals surface area contributed by atoms with Crippen LogP contribution in [0.1, 0.15) is 43.1 Å². The van der Waals surface area contributed by atoms with Crippen molar-refractivity contribution in [3.63, 3.8) is 0 Å². The molecular weight excluding hydrogens is 336 g/mol. The fourth-order valence-electron chi connectivity index (χ4n) is 2.00. The smallest absolute Gasteiger partial charge is 0.270 e. The number of nitrogens with zero attached hydrogens (tertiary/aromatic N) is 1. The minimum Gasteiger partial charge on any atom is -0.351 e. The number of halogens is 1. The maximum Gasteiger partial charge on any atom is 0.270 e. The van der Waals surface area contributed by atoms with Crippen LogP contribution in [-0.4, -0.2) is 22.2 Å². The molecule has 0 fully saturated rings. The average molecular weight is 357 g/mol. The van der Waals surface area contributed by atoms with Crippen LogP contribution in [0.15, 0.2) is 18.2 Å². The van der Waals surface area contributed by atoms with Crippen LogP contribution in [0, 0.1) is 22.5 Å². The van der Waals surface area contributed by atoms with Crippen molar-refractivity contribution in [1.82, 2.24) is 5.32 Å². The number of benzene rings is 1. The number of nitro benzene ring substituents is 1. The van der Waals surface area contributed by atoms with E-state index in [4.69, 9.17) is 0 Å². The van der Waals surface area contributed by atoms with Crippen molar-refractivity contribution in [2.45, 2.75) is 38.9 Å². The Morgan fingerprint density at radius 3 is 2.57 bits per heavy atom. The molecule has 1 unspecified atom stereocenters. The zero-order valence-electron chi connectivity index (χ0n) is 12.8. The van der Waals surface area contributed by atoms with E-state index in [1.54, 1.807) is 13.0 Å². The second kappa shape index (κ2) is 7.02. The molecule has 0 aliphatic heterocycles. The van der Waals surface area contributed by atoms with E-state index in [2.05, 4.69) is 42.0 Å². The summed E-state index contributed by atoms with van der Waals surface area (Å²) >= 11 is 3.55. The van der Waals surface area contributed by atoms with E-state index in [1.807, 2.05) is 0 Å². The molecule has 0 saturated carbocycles. The van der Waals surface area contributed by atoms with Gasteiger partial charge in [-0.2, -0.15) is 0 Å². The second-order valence-electron chi connectivity index (χ2n) is 6.33. The number of non-ortho nitro benzene ring substituents is 1. The molecule has 5 nitrogen and oxygen atoms in total. The summed E-state index contributed by atoms with van der Waals surface area (Å²) in [5.41, 5.74) is 1.16. The normalized spacial score (nSPS) is 12.8. The number of carbonyl (C=O) groups excluding carboxylic acids is 1. The molecule has 0 aliphatic rings. The van der Waals surface area contributed by atoms with E-state index < -0.39 is 4.92 Å². The highest BCUT2D eigenvalue weighted by molar-refractivity contribution is 9.09. The number of aryl methyl sites for hydroxylation is 1. The molecule has 6 heteroatoms. The lowest BCUT2D eigenvalue weighted by atomic mass is 9.90. The Morgan fingerprint density at radius 2 is 2.05 bits per heavy atom. The number of hydrogen-bond donors (Lipinski definition) is 1. The van der Waals surface area contributed by atoms with E-state index >= 15 is 0 Å². The van der Waals surface area contributed by atoms with Crippen LogP contribution in [0.5, 0.6) is 0 Å². The third-order valence-corrected chi connectivity index (χ3v) is 3.64. The van der Waals surface area contributed by atoms with Crippen molar-refractivity contribution in [3.8, 4) is 0 Å². The predicted molar refractivity (Wildman–Crippen MR) is 87.0 cm³/mol. The van der Waals surface area contributed by atoms with Gasteiger partial charge < -0.3 is 5.32 Å². The van der Waals surface area contributed by atoms with Crippen LogP contribution in [0.2, 0.25) is 0 Å². The van der Waals surface area contributed by atoms with Gasteiger partial charge in [-0.15, -0.1) is 0 Å². The highest BCUT2D eigenvalue weighted by Gasteiger charge is 2.19. The predicted octanol–water partition coefficient (Wildman–Crippen LogP) is 3.83. The van der Waals surface area contributed by atoms with Crippen molar-refractivity contribution in [2.75, 3.05) is 6.54 Å². The number of amides is 1. The molecule has 1 rings (SSSR count). The molecule has 1 atom stereocenters. The zero-order chi connectivity index (χ0) is 16.2. The summed E-state index contributed by atoms with van der Waals surface area (Å²) in [6.07, 6.45) is 0.918. The van der Waals surface area contributed by atoms with Crippen LogP contribution in [-0.2, 0) is 0 Å². The summed E-state index contributed by atoms with van der Waals surface area (Å²) in [7, 11) is 0. The van der Waals surface area contributed by atoms with Crippen LogP contribution < -0.4 is 5.32 Å². The zero-order valence-corrected chi connectivity index (χ0v) is 14.4. The Kier molecular flexibility index (Phi) is 5.89. The third kappa shape index (κ3) is 5.83. The first kappa shape index (κ1) is 17.6. The number of rotatable bonds is 5. The van der Waals surface area contributed by atoms with E-state index in [1.165, 1.54) is 12.1 Å².